The Balaban J connectivity index is 2.04. The van der Waals surface area contributed by atoms with Crippen molar-refractivity contribution in [1.29, 1.82) is 0 Å². The monoisotopic (exact) mass is 378 g/mol. The van der Waals surface area contributed by atoms with Gasteiger partial charge in [0.15, 0.2) is 0 Å². The molecule has 1 N–H and O–H groups in total. The maximum atomic E-state index is 12.5. The summed E-state index contributed by atoms with van der Waals surface area (Å²) in [5.74, 6) is -0.272. The lowest BCUT2D eigenvalue weighted by molar-refractivity contribution is -0.121. The van der Waals surface area contributed by atoms with Crippen molar-refractivity contribution < 1.29 is 13.2 Å². The van der Waals surface area contributed by atoms with Crippen molar-refractivity contribution in [3.05, 3.63) is 41.5 Å². The van der Waals surface area contributed by atoms with Crippen LogP contribution in [0, 0.1) is 0 Å². The Morgan fingerprint density at radius 1 is 1.23 bits per heavy atom. The molecule has 0 spiro atoms. The number of anilines is 1. The molecule has 0 saturated heterocycles. The van der Waals surface area contributed by atoms with Gasteiger partial charge in [0.05, 0.1) is 11.9 Å². The van der Waals surface area contributed by atoms with Crippen LogP contribution in [-0.2, 0) is 21.2 Å². The third kappa shape index (κ3) is 5.59. The second-order valence-corrected chi connectivity index (χ2v) is 8.76. The number of carbonyl (C=O) groups excluding carboxylic acids is 1. The molecule has 26 heavy (non-hydrogen) atoms. The quantitative estimate of drug-likeness (QED) is 0.705. The Kier molecular flexibility index (Phi) is 7.26. The van der Waals surface area contributed by atoms with E-state index in [4.69, 9.17) is 0 Å². The van der Waals surface area contributed by atoms with Crippen molar-refractivity contribution in [2.45, 2.75) is 58.4 Å². The van der Waals surface area contributed by atoms with E-state index in [0.717, 1.165) is 37.5 Å². The third-order valence-electron chi connectivity index (χ3n) is 4.82. The number of amides is 1. The first kappa shape index (κ1) is 20.5. The average Bonchev–Trinajstić information content (AvgIpc) is 2.62. The van der Waals surface area contributed by atoms with Crippen LogP contribution in [0.25, 0.3) is 0 Å². The number of sulfonamides is 1. The van der Waals surface area contributed by atoms with Gasteiger partial charge in [-0.15, -0.1) is 0 Å². The molecule has 1 atom stereocenters. The van der Waals surface area contributed by atoms with Crippen molar-refractivity contribution in [3.8, 4) is 0 Å². The van der Waals surface area contributed by atoms with Gasteiger partial charge < -0.3 is 5.32 Å². The molecule has 0 radical (unpaired) electrons. The second kappa shape index (κ2) is 9.21. The zero-order chi connectivity index (χ0) is 19.2. The van der Waals surface area contributed by atoms with Crippen molar-refractivity contribution in [2.75, 3.05) is 17.1 Å². The standard InChI is InChI=1S/C20H30N2O3S/c1-4-17-10-12-19(13-11-17)22(26(3,24)25)16(2)20(23)21-15-14-18-8-6-5-7-9-18/h8,10-13,16H,4-7,9,14-15H2,1-3H3,(H,21,23). The van der Waals surface area contributed by atoms with Crippen molar-refractivity contribution in [1.82, 2.24) is 5.32 Å². The summed E-state index contributed by atoms with van der Waals surface area (Å²) in [6, 6.07) is 6.52. The SMILES string of the molecule is CCc1ccc(N(C(C)C(=O)NCCC2=CCCCC2)S(C)(=O)=O)cc1. The van der Waals surface area contributed by atoms with E-state index in [9.17, 15) is 13.2 Å². The molecule has 1 aromatic carbocycles. The fourth-order valence-electron chi connectivity index (χ4n) is 3.31. The van der Waals surface area contributed by atoms with Gasteiger partial charge in [0.1, 0.15) is 6.04 Å². The summed E-state index contributed by atoms with van der Waals surface area (Å²) >= 11 is 0. The molecule has 144 valence electrons. The van der Waals surface area contributed by atoms with Crippen molar-refractivity contribution >= 4 is 21.6 Å². The van der Waals surface area contributed by atoms with Crippen molar-refractivity contribution in [2.24, 2.45) is 0 Å². The maximum absolute atomic E-state index is 12.5. The topological polar surface area (TPSA) is 66.5 Å². The summed E-state index contributed by atoms with van der Waals surface area (Å²) in [5.41, 5.74) is 3.03. The minimum absolute atomic E-state index is 0.272. The molecule has 1 unspecified atom stereocenters. The van der Waals surface area contributed by atoms with E-state index in [1.807, 2.05) is 19.1 Å². The Bertz CT molecular complexity index is 739. The molecule has 0 bridgehead atoms. The van der Waals surface area contributed by atoms with Crippen LogP contribution in [0.1, 0.15) is 51.5 Å². The van der Waals surface area contributed by atoms with Gasteiger partial charge in [0, 0.05) is 6.54 Å². The van der Waals surface area contributed by atoms with Gasteiger partial charge in [0.2, 0.25) is 15.9 Å². The van der Waals surface area contributed by atoms with Gasteiger partial charge in [-0.3, -0.25) is 9.10 Å². The highest BCUT2D eigenvalue weighted by Gasteiger charge is 2.28. The highest BCUT2D eigenvalue weighted by molar-refractivity contribution is 7.92. The molecule has 1 aromatic rings. The molecule has 1 amide bonds. The van der Waals surface area contributed by atoms with Crippen LogP contribution < -0.4 is 9.62 Å². The molecular weight excluding hydrogens is 348 g/mol. The highest BCUT2D eigenvalue weighted by atomic mass is 32.2. The van der Waals surface area contributed by atoms with Gasteiger partial charge in [0.25, 0.3) is 0 Å². The Morgan fingerprint density at radius 2 is 1.92 bits per heavy atom. The molecule has 0 aliphatic heterocycles. The summed E-state index contributed by atoms with van der Waals surface area (Å²) in [6.07, 6.45) is 9.79. The fourth-order valence-corrected chi connectivity index (χ4v) is 4.49. The minimum atomic E-state index is -3.57. The van der Waals surface area contributed by atoms with E-state index in [0.29, 0.717) is 12.2 Å². The number of carbonyl (C=O) groups is 1. The first-order valence-corrected chi connectivity index (χ1v) is 11.2. The maximum Gasteiger partial charge on any atom is 0.243 e. The number of aryl methyl sites for hydroxylation is 1. The van der Waals surface area contributed by atoms with Crippen molar-refractivity contribution in [3.63, 3.8) is 0 Å². The Hall–Kier alpha value is -1.82. The number of hydrogen-bond acceptors (Lipinski definition) is 3. The number of nitrogens with one attached hydrogen (secondary N) is 1. The molecule has 2 rings (SSSR count). The predicted octanol–water partition coefficient (Wildman–Crippen LogP) is 3.41. The highest BCUT2D eigenvalue weighted by Crippen LogP contribution is 2.22. The molecule has 0 fully saturated rings. The number of rotatable bonds is 8. The van der Waals surface area contributed by atoms with Gasteiger partial charge in [-0.05, 0) is 63.1 Å². The zero-order valence-corrected chi connectivity index (χ0v) is 16.8. The van der Waals surface area contributed by atoms with Crippen LogP contribution in [0.5, 0.6) is 0 Å². The normalized spacial score (nSPS) is 15.9. The van der Waals surface area contributed by atoms with Gasteiger partial charge in [-0.1, -0.05) is 30.7 Å². The fraction of sp³-hybridized carbons (Fsp3) is 0.550. The summed E-state index contributed by atoms with van der Waals surface area (Å²) in [5, 5.41) is 2.89. The van der Waals surface area contributed by atoms with E-state index in [1.165, 1.54) is 22.7 Å². The van der Waals surface area contributed by atoms with Crippen LogP contribution in [-0.4, -0.2) is 33.2 Å². The van der Waals surface area contributed by atoms with Crippen LogP contribution in [0.3, 0.4) is 0 Å². The number of allylic oxidation sites excluding steroid dienone is 1. The van der Waals surface area contributed by atoms with E-state index in [1.54, 1.807) is 19.1 Å². The molecular formula is C20H30N2O3S. The van der Waals surface area contributed by atoms with E-state index in [2.05, 4.69) is 11.4 Å². The van der Waals surface area contributed by atoms with Crippen LogP contribution in [0.2, 0.25) is 0 Å². The first-order chi connectivity index (χ1) is 12.3. The molecule has 1 aliphatic rings. The molecule has 6 heteroatoms. The van der Waals surface area contributed by atoms with Crippen LogP contribution in [0.15, 0.2) is 35.9 Å². The van der Waals surface area contributed by atoms with E-state index < -0.39 is 16.1 Å². The minimum Gasteiger partial charge on any atom is -0.354 e. The lowest BCUT2D eigenvalue weighted by Gasteiger charge is -2.28. The molecule has 0 aromatic heterocycles. The molecule has 0 heterocycles. The summed E-state index contributed by atoms with van der Waals surface area (Å²) < 4.78 is 25.8. The van der Waals surface area contributed by atoms with Gasteiger partial charge >= 0.3 is 0 Å². The molecule has 0 saturated carbocycles. The summed E-state index contributed by atoms with van der Waals surface area (Å²) in [6.45, 7) is 4.21. The molecule has 5 nitrogen and oxygen atoms in total. The smallest absolute Gasteiger partial charge is 0.243 e. The average molecular weight is 379 g/mol. The van der Waals surface area contributed by atoms with E-state index >= 15 is 0 Å². The molecule has 1 aliphatic carbocycles. The lowest BCUT2D eigenvalue weighted by Crippen LogP contribution is -2.48. The Morgan fingerprint density at radius 3 is 2.46 bits per heavy atom. The zero-order valence-electron chi connectivity index (χ0n) is 16.0. The van der Waals surface area contributed by atoms with Crippen LogP contribution >= 0.6 is 0 Å². The number of benzene rings is 1. The van der Waals surface area contributed by atoms with Gasteiger partial charge in [-0.25, -0.2) is 8.42 Å². The number of nitrogens with zero attached hydrogens (tertiary/aromatic N) is 1. The predicted molar refractivity (Wildman–Crippen MR) is 107 cm³/mol. The number of hydrogen-bond donors (Lipinski definition) is 1. The third-order valence-corrected chi connectivity index (χ3v) is 6.06. The summed E-state index contributed by atoms with van der Waals surface area (Å²) in [7, 11) is -3.57. The van der Waals surface area contributed by atoms with Gasteiger partial charge in [-0.2, -0.15) is 0 Å². The largest absolute Gasteiger partial charge is 0.354 e. The van der Waals surface area contributed by atoms with Crippen LogP contribution in [0.4, 0.5) is 5.69 Å². The Labute approximate surface area is 157 Å². The second-order valence-electron chi connectivity index (χ2n) is 6.90. The van der Waals surface area contributed by atoms with E-state index in [-0.39, 0.29) is 5.91 Å². The lowest BCUT2D eigenvalue weighted by atomic mass is 9.97. The first-order valence-electron chi connectivity index (χ1n) is 9.37. The summed E-state index contributed by atoms with van der Waals surface area (Å²) in [4.78, 5) is 12.5.